The van der Waals surface area contributed by atoms with Crippen molar-refractivity contribution >= 4 is 12.2 Å². The van der Waals surface area contributed by atoms with Gasteiger partial charge in [0.25, 0.3) is 0 Å². The summed E-state index contributed by atoms with van der Waals surface area (Å²) in [6.45, 7) is 3.51. The smallest absolute Gasteiger partial charge is 0.161 e. The van der Waals surface area contributed by atoms with Crippen LogP contribution < -0.4 is 0 Å². The first-order chi connectivity index (χ1) is 8.93. The first-order valence-electron chi connectivity index (χ1n) is 5.68. The minimum Gasteiger partial charge on any atom is -0.343 e. The number of nitrogens with one attached hydrogen (secondary N) is 1. The van der Waals surface area contributed by atoms with E-state index < -0.39 is 17.5 Å². The molecule has 1 aromatic heterocycles. The Kier molecular flexibility index (Phi) is 3.71. The zero-order chi connectivity index (χ0) is 14.2. The third-order valence-corrected chi connectivity index (χ3v) is 3.21. The molecular weight excluding hydrogens is 273 g/mol. The van der Waals surface area contributed by atoms with Crippen molar-refractivity contribution in [2.75, 3.05) is 0 Å². The number of aryl methyl sites for hydroxylation is 1. The fourth-order valence-electron chi connectivity index (χ4n) is 1.73. The van der Waals surface area contributed by atoms with Crippen LogP contribution in [0.2, 0.25) is 0 Å². The number of halogens is 3. The lowest BCUT2D eigenvalue weighted by Gasteiger charge is -2.10. The Morgan fingerprint density at radius 2 is 1.79 bits per heavy atom. The summed E-state index contributed by atoms with van der Waals surface area (Å²) in [5.74, 6) is -2.61. The molecule has 0 aliphatic heterocycles. The summed E-state index contributed by atoms with van der Waals surface area (Å²) in [7, 11) is 0. The van der Waals surface area contributed by atoms with E-state index in [0.717, 1.165) is 6.07 Å². The van der Waals surface area contributed by atoms with Crippen LogP contribution in [0.5, 0.6) is 0 Å². The summed E-state index contributed by atoms with van der Waals surface area (Å²) in [4.78, 5) is 7.02. The molecule has 0 saturated carbocycles. The van der Waals surface area contributed by atoms with Gasteiger partial charge in [0.2, 0.25) is 0 Å². The molecule has 0 bridgehead atoms. The molecule has 19 heavy (non-hydrogen) atoms. The molecule has 0 spiro atoms. The van der Waals surface area contributed by atoms with Crippen molar-refractivity contribution in [1.82, 2.24) is 9.97 Å². The van der Waals surface area contributed by atoms with E-state index in [1.54, 1.807) is 6.92 Å². The molecule has 1 aromatic carbocycles. The molecule has 6 heteroatoms. The number of hydrogen-bond donors (Lipinski definition) is 1. The molecule has 0 unspecified atom stereocenters. The van der Waals surface area contributed by atoms with Crippen molar-refractivity contribution in [3.8, 4) is 11.3 Å². The minimum absolute atomic E-state index is 0.0559. The van der Waals surface area contributed by atoms with Crippen molar-refractivity contribution in [2.24, 2.45) is 0 Å². The van der Waals surface area contributed by atoms with E-state index >= 15 is 0 Å². The molecule has 1 heterocycles. The number of aromatic amines is 1. The maximum atomic E-state index is 13.8. The zero-order valence-electron chi connectivity index (χ0n) is 10.4. The number of rotatable bonds is 2. The maximum Gasteiger partial charge on any atom is 0.161 e. The molecule has 0 amide bonds. The first-order valence-corrected chi connectivity index (χ1v) is 6.09. The van der Waals surface area contributed by atoms with Gasteiger partial charge < -0.3 is 4.98 Å². The first kappa shape index (κ1) is 13.7. The van der Waals surface area contributed by atoms with Crippen LogP contribution in [-0.2, 0) is 6.42 Å². The quantitative estimate of drug-likeness (QED) is 0.664. The molecule has 0 radical (unpaired) electrons. The van der Waals surface area contributed by atoms with E-state index in [1.807, 2.05) is 6.92 Å². The SMILES string of the molecule is CCc1nc(=S)c(C)c(-c2cc(F)c(F)cc2F)[nH]1. The van der Waals surface area contributed by atoms with Crippen LogP contribution in [0.15, 0.2) is 12.1 Å². The highest BCUT2D eigenvalue weighted by Crippen LogP contribution is 2.26. The second-order valence-corrected chi connectivity index (χ2v) is 4.48. The van der Waals surface area contributed by atoms with Crippen LogP contribution >= 0.6 is 12.2 Å². The molecule has 0 aliphatic rings. The average Bonchev–Trinajstić information content (AvgIpc) is 2.37. The summed E-state index contributed by atoms with van der Waals surface area (Å²) in [6, 6.07) is 1.34. The molecule has 0 saturated heterocycles. The summed E-state index contributed by atoms with van der Waals surface area (Å²) in [5.41, 5.74) is 0.796. The van der Waals surface area contributed by atoms with Crippen LogP contribution in [0.3, 0.4) is 0 Å². The summed E-state index contributed by atoms with van der Waals surface area (Å²) in [6.07, 6.45) is 0.572. The second-order valence-electron chi connectivity index (χ2n) is 4.09. The lowest BCUT2D eigenvalue weighted by atomic mass is 10.1. The van der Waals surface area contributed by atoms with E-state index in [-0.39, 0.29) is 5.56 Å². The van der Waals surface area contributed by atoms with Gasteiger partial charge in [-0.2, -0.15) is 0 Å². The summed E-state index contributed by atoms with van der Waals surface area (Å²) >= 11 is 5.08. The molecule has 2 rings (SSSR count). The van der Waals surface area contributed by atoms with E-state index in [2.05, 4.69) is 9.97 Å². The Hall–Kier alpha value is -1.69. The number of nitrogens with zero attached hydrogens (tertiary/aromatic N) is 1. The molecular formula is C13H11F3N2S. The van der Waals surface area contributed by atoms with Gasteiger partial charge in [0, 0.05) is 23.6 Å². The number of hydrogen-bond acceptors (Lipinski definition) is 2. The van der Waals surface area contributed by atoms with Gasteiger partial charge in [-0.25, -0.2) is 18.2 Å². The van der Waals surface area contributed by atoms with Crippen molar-refractivity contribution in [2.45, 2.75) is 20.3 Å². The highest BCUT2D eigenvalue weighted by Gasteiger charge is 2.15. The van der Waals surface area contributed by atoms with Crippen LogP contribution in [0.25, 0.3) is 11.3 Å². The molecule has 100 valence electrons. The topological polar surface area (TPSA) is 28.7 Å². The number of aromatic nitrogens is 2. The standard InChI is InChI=1S/C13H11F3N2S/c1-3-11-17-12(6(2)13(19)18-11)7-4-9(15)10(16)5-8(7)14/h4-5H,3H2,1-2H3,(H,17,18,19). The third-order valence-electron chi connectivity index (χ3n) is 2.82. The second kappa shape index (κ2) is 5.13. The van der Waals surface area contributed by atoms with Crippen molar-refractivity contribution < 1.29 is 13.2 Å². The molecule has 0 atom stereocenters. The van der Waals surface area contributed by atoms with E-state index in [4.69, 9.17) is 12.2 Å². The Bertz CT molecular complexity index is 695. The van der Waals surface area contributed by atoms with Crippen molar-refractivity contribution in [3.05, 3.63) is 45.6 Å². The molecule has 2 aromatic rings. The normalized spacial score (nSPS) is 10.8. The highest BCUT2D eigenvalue weighted by molar-refractivity contribution is 7.71. The zero-order valence-corrected chi connectivity index (χ0v) is 11.2. The van der Waals surface area contributed by atoms with Crippen LogP contribution in [0.1, 0.15) is 18.3 Å². The maximum absolute atomic E-state index is 13.8. The number of benzene rings is 1. The van der Waals surface area contributed by atoms with Crippen molar-refractivity contribution in [3.63, 3.8) is 0 Å². The fraction of sp³-hybridized carbons (Fsp3) is 0.231. The van der Waals surface area contributed by atoms with E-state index in [1.165, 1.54) is 0 Å². The lowest BCUT2D eigenvalue weighted by Crippen LogP contribution is -2.01. The Balaban J connectivity index is 2.75. The molecule has 0 fully saturated rings. The fourth-order valence-corrected chi connectivity index (χ4v) is 1.94. The summed E-state index contributed by atoms with van der Waals surface area (Å²) < 4.78 is 40.3. The lowest BCUT2D eigenvalue weighted by molar-refractivity contribution is 0.496. The predicted octanol–water partition coefficient (Wildman–Crippen LogP) is 4.09. The van der Waals surface area contributed by atoms with Crippen molar-refractivity contribution in [1.29, 1.82) is 0 Å². The predicted molar refractivity (Wildman–Crippen MR) is 68.8 cm³/mol. The number of H-pyrrole nitrogens is 1. The van der Waals surface area contributed by atoms with E-state index in [0.29, 0.717) is 34.2 Å². The van der Waals surface area contributed by atoms with Gasteiger partial charge in [-0.1, -0.05) is 19.1 Å². The Labute approximate surface area is 113 Å². The van der Waals surface area contributed by atoms with Gasteiger partial charge in [0.05, 0.1) is 5.69 Å². The van der Waals surface area contributed by atoms with Gasteiger partial charge in [0.1, 0.15) is 16.3 Å². The van der Waals surface area contributed by atoms with Gasteiger partial charge >= 0.3 is 0 Å². The molecule has 1 N–H and O–H groups in total. The Morgan fingerprint density at radius 3 is 2.42 bits per heavy atom. The van der Waals surface area contributed by atoms with Gasteiger partial charge in [-0.05, 0) is 13.0 Å². The monoisotopic (exact) mass is 284 g/mol. The highest BCUT2D eigenvalue weighted by atomic mass is 32.1. The van der Waals surface area contributed by atoms with Gasteiger partial charge in [-0.3, -0.25) is 0 Å². The molecule has 2 nitrogen and oxygen atoms in total. The summed E-state index contributed by atoms with van der Waals surface area (Å²) in [5, 5.41) is 0. The van der Waals surface area contributed by atoms with Crippen LogP contribution in [0, 0.1) is 29.0 Å². The average molecular weight is 284 g/mol. The van der Waals surface area contributed by atoms with E-state index in [9.17, 15) is 13.2 Å². The largest absolute Gasteiger partial charge is 0.343 e. The molecule has 0 aliphatic carbocycles. The van der Waals surface area contributed by atoms with Gasteiger partial charge in [-0.15, -0.1) is 0 Å². The Morgan fingerprint density at radius 1 is 1.16 bits per heavy atom. The van der Waals surface area contributed by atoms with Crippen LogP contribution in [-0.4, -0.2) is 9.97 Å². The minimum atomic E-state index is -1.22. The third kappa shape index (κ3) is 2.53. The van der Waals surface area contributed by atoms with Gasteiger partial charge in [0.15, 0.2) is 11.6 Å². The van der Waals surface area contributed by atoms with Crippen LogP contribution in [0.4, 0.5) is 13.2 Å².